The summed E-state index contributed by atoms with van der Waals surface area (Å²) in [4.78, 5) is 16.3. The number of alkyl halides is 3. The van der Waals surface area contributed by atoms with Gasteiger partial charge in [0.2, 0.25) is 0 Å². The van der Waals surface area contributed by atoms with Gasteiger partial charge >= 0.3 is 12.1 Å². The lowest BCUT2D eigenvalue weighted by Gasteiger charge is -2.17. The summed E-state index contributed by atoms with van der Waals surface area (Å²) in [6.07, 6.45) is -0.991. The van der Waals surface area contributed by atoms with Crippen molar-refractivity contribution in [1.82, 2.24) is 9.78 Å². The Morgan fingerprint density at radius 1 is 1.26 bits per heavy atom. The van der Waals surface area contributed by atoms with Crippen molar-refractivity contribution >= 4 is 22.6 Å². The highest BCUT2D eigenvalue weighted by Crippen LogP contribution is 2.32. The SMILES string of the molecule is Cn1nc(C2=NC(COC(=O)C(C)(C)C)C=C2)c2cc(C(F)(F)F)ccc21. The van der Waals surface area contributed by atoms with Crippen LogP contribution < -0.4 is 0 Å². The minimum Gasteiger partial charge on any atom is -0.463 e. The highest BCUT2D eigenvalue weighted by molar-refractivity contribution is 6.16. The average molecular weight is 379 g/mol. The zero-order valence-corrected chi connectivity index (χ0v) is 15.5. The summed E-state index contributed by atoms with van der Waals surface area (Å²) in [6.45, 7) is 5.35. The predicted octanol–water partition coefficient (Wildman–Crippen LogP) is 3.91. The van der Waals surface area contributed by atoms with Crippen LogP contribution >= 0.6 is 0 Å². The highest BCUT2D eigenvalue weighted by Gasteiger charge is 2.31. The average Bonchev–Trinajstić information content (AvgIpc) is 3.15. The summed E-state index contributed by atoms with van der Waals surface area (Å²) in [5.41, 5.74) is 0.0791. The fourth-order valence-corrected chi connectivity index (χ4v) is 2.71. The van der Waals surface area contributed by atoms with Gasteiger partial charge < -0.3 is 4.74 Å². The summed E-state index contributed by atoms with van der Waals surface area (Å²) >= 11 is 0. The largest absolute Gasteiger partial charge is 0.463 e. The van der Waals surface area contributed by atoms with E-state index < -0.39 is 17.2 Å². The molecule has 1 unspecified atom stereocenters. The summed E-state index contributed by atoms with van der Waals surface area (Å²) in [7, 11) is 1.67. The van der Waals surface area contributed by atoms with Crippen LogP contribution in [0.3, 0.4) is 0 Å². The molecule has 8 heteroatoms. The third-order valence-corrected chi connectivity index (χ3v) is 4.20. The van der Waals surface area contributed by atoms with Crippen molar-refractivity contribution in [3.63, 3.8) is 0 Å². The van der Waals surface area contributed by atoms with Crippen molar-refractivity contribution in [2.75, 3.05) is 6.61 Å². The number of esters is 1. The maximum absolute atomic E-state index is 13.0. The number of allylic oxidation sites excluding steroid dienone is 1. The number of aliphatic imine (C=N–C) groups is 1. The van der Waals surface area contributed by atoms with E-state index in [0.29, 0.717) is 22.3 Å². The smallest absolute Gasteiger partial charge is 0.416 e. The van der Waals surface area contributed by atoms with Gasteiger partial charge in [-0.05, 0) is 45.0 Å². The summed E-state index contributed by atoms with van der Waals surface area (Å²) < 4.78 is 45.9. The van der Waals surface area contributed by atoms with E-state index in [0.717, 1.165) is 12.1 Å². The first-order valence-corrected chi connectivity index (χ1v) is 8.44. The lowest BCUT2D eigenvalue weighted by molar-refractivity contribution is -0.153. The molecule has 0 bridgehead atoms. The molecule has 0 saturated heterocycles. The molecule has 2 aromatic rings. The Kier molecular flexibility index (Phi) is 4.61. The maximum atomic E-state index is 13.0. The molecule has 3 rings (SSSR count). The number of carbonyl (C=O) groups is 1. The standard InChI is InChI=1S/C19H20F3N3O2/c1-18(2,3)17(26)27-10-12-6-7-14(23-12)16-13-9-11(19(20,21)22)5-8-15(13)25(4)24-16/h5-9,12H,10H2,1-4H3. The number of aromatic nitrogens is 2. The molecular weight excluding hydrogens is 359 g/mol. The van der Waals surface area contributed by atoms with Crippen LogP contribution in [-0.2, 0) is 22.8 Å². The number of benzene rings is 1. The van der Waals surface area contributed by atoms with Crippen molar-refractivity contribution in [3.05, 3.63) is 41.6 Å². The number of rotatable bonds is 3. The molecule has 1 aliphatic heterocycles. The Labute approximate surface area is 154 Å². The van der Waals surface area contributed by atoms with E-state index in [2.05, 4.69) is 10.1 Å². The van der Waals surface area contributed by atoms with Crippen molar-refractivity contribution < 1.29 is 22.7 Å². The molecule has 0 aliphatic carbocycles. The van der Waals surface area contributed by atoms with Crippen LogP contribution in [0.4, 0.5) is 13.2 Å². The first-order valence-electron chi connectivity index (χ1n) is 8.44. The molecule has 1 atom stereocenters. The lowest BCUT2D eigenvalue weighted by Crippen LogP contribution is -2.25. The van der Waals surface area contributed by atoms with Crippen LogP contribution in [0.15, 0.2) is 35.3 Å². The molecule has 5 nitrogen and oxygen atoms in total. The molecule has 1 aromatic carbocycles. The van der Waals surface area contributed by atoms with Gasteiger partial charge in [-0.25, -0.2) is 0 Å². The highest BCUT2D eigenvalue weighted by atomic mass is 19.4. The van der Waals surface area contributed by atoms with Gasteiger partial charge in [-0.2, -0.15) is 18.3 Å². The maximum Gasteiger partial charge on any atom is 0.416 e. The van der Waals surface area contributed by atoms with Crippen LogP contribution in [-0.4, -0.2) is 34.1 Å². The first kappa shape index (κ1) is 19.1. The van der Waals surface area contributed by atoms with E-state index in [4.69, 9.17) is 4.74 Å². The number of carbonyl (C=O) groups excluding carboxylic acids is 1. The predicted molar refractivity (Wildman–Crippen MR) is 95.6 cm³/mol. The Morgan fingerprint density at radius 2 is 1.96 bits per heavy atom. The van der Waals surface area contributed by atoms with Gasteiger partial charge in [-0.3, -0.25) is 14.5 Å². The second-order valence-electron chi connectivity index (χ2n) is 7.49. The molecule has 144 valence electrons. The number of hydrogen-bond donors (Lipinski definition) is 0. The number of ether oxygens (including phenoxy) is 1. The van der Waals surface area contributed by atoms with Gasteiger partial charge in [0.05, 0.1) is 22.2 Å². The molecule has 1 aliphatic rings. The molecule has 0 spiro atoms. The minimum atomic E-state index is -4.43. The van der Waals surface area contributed by atoms with Gasteiger partial charge in [0.1, 0.15) is 18.3 Å². The number of fused-ring (bicyclic) bond motifs is 1. The molecule has 1 aromatic heterocycles. The fraction of sp³-hybridized carbons (Fsp3) is 0.421. The van der Waals surface area contributed by atoms with Crippen LogP contribution in [0, 0.1) is 5.41 Å². The van der Waals surface area contributed by atoms with E-state index in [1.807, 2.05) is 0 Å². The normalized spacial score (nSPS) is 17.4. The molecular formula is C19H20F3N3O2. The van der Waals surface area contributed by atoms with E-state index in [1.54, 1.807) is 40.0 Å². The zero-order chi connectivity index (χ0) is 20.0. The van der Waals surface area contributed by atoms with Crippen LogP contribution in [0.1, 0.15) is 32.0 Å². The Bertz CT molecular complexity index is 949. The van der Waals surface area contributed by atoms with Crippen LogP contribution in [0.5, 0.6) is 0 Å². The number of nitrogens with zero attached hydrogens (tertiary/aromatic N) is 3. The van der Waals surface area contributed by atoms with Crippen LogP contribution in [0.25, 0.3) is 10.9 Å². The Hall–Kier alpha value is -2.64. The van der Waals surface area contributed by atoms with E-state index in [9.17, 15) is 18.0 Å². The molecule has 27 heavy (non-hydrogen) atoms. The number of halogens is 3. The summed E-state index contributed by atoms with van der Waals surface area (Å²) in [6, 6.07) is 3.14. The van der Waals surface area contributed by atoms with Crippen LogP contribution in [0.2, 0.25) is 0 Å². The molecule has 0 fully saturated rings. The number of aryl methyl sites for hydroxylation is 1. The monoisotopic (exact) mass is 379 g/mol. The second-order valence-corrected chi connectivity index (χ2v) is 7.49. The van der Waals surface area contributed by atoms with Gasteiger partial charge in [0.25, 0.3) is 0 Å². The van der Waals surface area contributed by atoms with Gasteiger partial charge in [0, 0.05) is 12.4 Å². The van der Waals surface area contributed by atoms with E-state index >= 15 is 0 Å². The Balaban J connectivity index is 1.87. The number of hydrogen-bond acceptors (Lipinski definition) is 4. The molecule has 0 radical (unpaired) electrons. The molecule has 2 heterocycles. The molecule has 0 N–H and O–H groups in total. The quantitative estimate of drug-likeness (QED) is 0.760. The van der Waals surface area contributed by atoms with Gasteiger partial charge in [-0.1, -0.05) is 6.08 Å². The second kappa shape index (κ2) is 6.51. The van der Waals surface area contributed by atoms with Crippen molar-refractivity contribution in [3.8, 4) is 0 Å². The third kappa shape index (κ3) is 3.89. The zero-order valence-electron chi connectivity index (χ0n) is 15.5. The molecule has 0 amide bonds. The van der Waals surface area contributed by atoms with Gasteiger partial charge in [0.15, 0.2) is 0 Å². The minimum absolute atomic E-state index is 0.0780. The van der Waals surface area contributed by atoms with E-state index in [1.165, 1.54) is 10.7 Å². The lowest BCUT2D eigenvalue weighted by atomic mass is 9.97. The topological polar surface area (TPSA) is 56.5 Å². The molecule has 0 saturated carbocycles. The van der Waals surface area contributed by atoms with Crippen molar-refractivity contribution in [2.24, 2.45) is 17.5 Å². The van der Waals surface area contributed by atoms with Crippen molar-refractivity contribution in [1.29, 1.82) is 0 Å². The van der Waals surface area contributed by atoms with E-state index in [-0.39, 0.29) is 18.6 Å². The first-order chi connectivity index (χ1) is 12.5. The summed E-state index contributed by atoms with van der Waals surface area (Å²) in [5, 5.41) is 4.70. The summed E-state index contributed by atoms with van der Waals surface area (Å²) in [5.74, 6) is -0.336. The van der Waals surface area contributed by atoms with Crippen molar-refractivity contribution in [2.45, 2.75) is 33.0 Å². The fourth-order valence-electron chi connectivity index (χ4n) is 2.71. The van der Waals surface area contributed by atoms with Gasteiger partial charge in [-0.15, -0.1) is 0 Å². The Morgan fingerprint density at radius 3 is 2.59 bits per heavy atom. The third-order valence-electron chi connectivity index (χ3n) is 4.20.